The Bertz CT molecular complexity index is 764. The van der Waals surface area contributed by atoms with Gasteiger partial charge in [-0.15, -0.1) is 0 Å². The predicted octanol–water partition coefficient (Wildman–Crippen LogP) is 4.36. The molecule has 0 N–H and O–H groups in total. The zero-order chi connectivity index (χ0) is 18.7. The summed E-state index contributed by atoms with van der Waals surface area (Å²) in [6.45, 7) is 7.72. The van der Waals surface area contributed by atoms with Crippen LogP contribution in [0.3, 0.4) is 0 Å². The van der Waals surface area contributed by atoms with E-state index in [0.29, 0.717) is 12.5 Å². The summed E-state index contributed by atoms with van der Waals surface area (Å²) < 4.78 is 5.90. The van der Waals surface area contributed by atoms with Gasteiger partial charge in [-0.1, -0.05) is 13.0 Å². The highest BCUT2D eigenvalue weighted by Crippen LogP contribution is 2.37. The van der Waals surface area contributed by atoms with Crippen LogP contribution in [-0.4, -0.2) is 27.5 Å². The van der Waals surface area contributed by atoms with Crippen LogP contribution in [0.15, 0.2) is 42.7 Å². The van der Waals surface area contributed by atoms with Gasteiger partial charge in [-0.2, -0.15) is 0 Å². The Morgan fingerprint density at radius 3 is 2.85 bits per heavy atom. The summed E-state index contributed by atoms with van der Waals surface area (Å²) in [5, 5.41) is 11.2. The van der Waals surface area contributed by atoms with E-state index in [1.807, 2.05) is 26.1 Å². The van der Waals surface area contributed by atoms with Crippen molar-refractivity contribution in [2.45, 2.75) is 45.9 Å². The first kappa shape index (κ1) is 18.3. The molecular weight excluding hydrogens is 330 g/mol. The minimum absolute atomic E-state index is 0.0156. The van der Waals surface area contributed by atoms with Gasteiger partial charge in [0, 0.05) is 49.2 Å². The molecule has 1 aliphatic rings. The van der Waals surface area contributed by atoms with Crippen molar-refractivity contribution < 1.29 is 9.66 Å². The minimum atomic E-state index is -0.353. The summed E-state index contributed by atoms with van der Waals surface area (Å²) in [6.07, 6.45) is 4.76. The van der Waals surface area contributed by atoms with Crippen molar-refractivity contribution in [1.82, 2.24) is 9.88 Å². The number of rotatable bonds is 6. The van der Waals surface area contributed by atoms with Crippen molar-refractivity contribution in [3.63, 3.8) is 0 Å². The molecule has 2 heterocycles. The number of non-ortho nitro benzene ring substituents is 1. The number of ether oxygens (including phenoxy) is 1. The van der Waals surface area contributed by atoms with Crippen molar-refractivity contribution in [1.29, 1.82) is 0 Å². The summed E-state index contributed by atoms with van der Waals surface area (Å²) in [7, 11) is 0. The van der Waals surface area contributed by atoms with Crippen LogP contribution < -0.4 is 4.74 Å². The monoisotopic (exact) mass is 355 g/mol. The highest BCUT2D eigenvalue weighted by Gasteiger charge is 2.31. The zero-order valence-electron chi connectivity index (χ0n) is 15.5. The Labute approximate surface area is 154 Å². The molecule has 1 aliphatic heterocycles. The molecule has 1 aromatic heterocycles. The van der Waals surface area contributed by atoms with E-state index in [2.05, 4.69) is 22.9 Å². The molecule has 26 heavy (non-hydrogen) atoms. The number of pyridine rings is 1. The van der Waals surface area contributed by atoms with E-state index in [4.69, 9.17) is 4.74 Å². The van der Waals surface area contributed by atoms with E-state index in [-0.39, 0.29) is 22.8 Å². The van der Waals surface area contributed by atoms with Crippen molar-refractivity contribution >= 4 is 5.69 Å². The average molecular weight is 355 g/mol. The quantitative estimate of drug-likeness (QED) is 0.569. The summed E-state index contributed by atoms with van der Waals surface area (Å²) >= 11 is 0. The lowest BCUT2D eigenvalue weighted by atomic mass is 10.0. The smallest absolute Gasteiger partial charge is 0.270 e. The second-order valence-electron chi connectivity index (χ2n) is 7.29. The normalized spacial score (nSPS) is 20.5. The summed E-state index contributed by atoms with van der Waals surface area (Å²) in [5.41, 5.74) is 2.14. The number of nitro benzene ring substituents is 1. The predicted molar refractivity (Wildman–Crippen MR) is 100 cm³/mol. The highest BCUT2D eigenvalue weighted by molar-refractivity contribution is 5.44. The van der Waals surface area contributed by atoms with Crippen molar-refractivity contribution in [2.24, 2.45) is 5.92 Å². The molecule has 0 radical (unpaired) electrons. The average Bonchev–Trinajstić information content (AvgIpc) is 2.97. The molecule has 6 heteroatoms. The Morgan fingerprint density at radius 2 is 2.19 bits per heavy atom. The van der Waals surface area contributed by atoms with Crippen LogP contribution in [0.25, 0.3) is 0 Å². The Morgan fingerprint density at radius 1 is 1.38 bits per heavy atom. The van der Waals surface area contributed by atoms with Crippen molar-refractivity contribution in [3.8, 4) is 5.75 Å². The highest BCUT2D eigenvalue weighted by atomic mass is 16.6. The minimum Gasteiger partial charge on any atom is -0.491 e. The molecule has 0 aliphatic carbocycles. The molecule has 3 rings (SSSR count). The number of benzene rings is 1. The van der Waals surface area contributed by atoms with Gasteiger partial charge in [-0.05, 0) is 43.9 Å². The number of hydrogen-bond acceptors (Lipinski definition) is 5. The van der Waals surface area contributed by atoms with Crippen LogP contribution in [-0.2, 0) is 6.54 Å². The van der Waals surface area contributed by atoms with Crippen molar-refractivity contribution in [2.75, 3.05) is 6.54 Å². The number of hydrogen-bond donors (Lipinski definition) is 0. The van der Waals surface area contributed by atoms with Gasteiger partial charge in [0.2, 0.25) is 0 Å². The van der Waals surface area contributed by atoms with Gasteiger partial charge in [0.05, 0.1) is 11.0 Å². The lowest BCUT2D eigenvalue weighted by Crippen LogP contribution is -2.24. The molecule has 0 unspecified atom stereocenters. The van der Waals surface area contributed by atoms with Crippen LogP contribution in [0.1, 0.15) is 44.4 Å². The second-order valence-corrected chi connectivity index (χ2v) is 7.29. The fraction of sp³-hybridized carbons (Fsp3) is 0.450. The summed E-state index contributed by atoms with van der Waals surface area (Å²) in [4.78, 5) is 17.5. The largest absolute Gasteiger partial charge is 0.491 e. The molecule has 1 aromatic carbocycles. The zero-order valence-corrected chi connectivity index (χ0v) is 15.5. The van der Waals surface area contributed by atoms with E-state index < -0.39 is 0 Å². The SMILES string of the molecule is CC(C)Oc1ccc([N+](=O)[O-])cc1CN1C[C@@H](C)C[C@@H]1c1cccnc1. The molecular formula is C20H25N3O3. The number of likely N-dealkylation sites (tertiary alicyclic amines) is 1. The molecule has 0 bridgehead atoms. The van der Waals surface area contributed by atoms with Crippen LogP contribution in [0.2, 0.25) is 0 Å². The molecule has 2 aromatic rings. The molecule has 1 saturated heterocycles. The third-order valence-electron chi connectivity index (χ3n) is 4.67. The lowest BCUT2D eigenvalue weighted by Gasteiger charge is -2.26. The van der Waals surface area contributed by atoms with Gasteiger partial charge < -0.3 is 4.74 Å². The fourth-order valence-electron chi connectivity index (χ4n) is 3.62. The first-order chi connectivity index (χ1) is 12.4. The van der Waals surface area contributed by atoms with Crippen LogP contribution in [0, 0.1) is 16.0 Å². The van der Waals surface area contributed by atoms with Gasteiger partial charge in [0.15, 0.2) is 0 Å². The van der Waals surface area contributed by atoms with E-state index in [0.717, 1.165) is 24.3 Å². The van der Waals surface area contributed by atoms with Gasteiger partial charge in [-0.25, -0.2) is 0 Å². The standard InChI is InChI=1S/C20H25N3O3/c1-14(2)26-20-7-6-18(23(24)25)10-17(20)13-22-12-15(3)9-19(22)16-5-4-8-21-11-16/h4-8,10-11,14-15,19H,9,12-13H2,1-3H3/t15-,19+/m0/s1. The third kappa shape index (κ3) is 4.19. The molecule has 0 saturated carbocycles. The fourth-order valence-corrected chi connectivity index (χ4v) is 3.62. The van der Waals surface area contributed by atoms with Gasteiger partial charge in [-0.3, -0.25) is 20.0 Å². The van der Waals surface area contributed by atoms with Crippen LogP contribution in [0.4, 0.5) is 5.69 Å². The lowest BCUT2D eigenvalue weighted by molar-refractivity contribution is -0.385. The Balaban J connectivity index is 1.90. The van der Waals surface area contributed by atoms with Gasteiger partial charge in [0.25, 0.3) is 5.69 Å². The number of nitrogens with zero attached hydrogens (tertiary/aromatic N) is 3. The maximum atomic E-state index is 11.2. The summed E-state index contributed by atoms with van der Waals surface area (Å²) in [5.74, 6) is 1.28. The molecule has 1 fully saturated rings. The molecule has 6 nitrogen and oxygen atoms in total. The van der Waals surface area contributed by atoms with Gasteiger partial charge >= 0.3 is 0 Å². The maximum Gasteiger partial charge on any atom is 0.270 e. The summed E-state index contributed by atoms with van der Waals surface area (Å²) in [6, 6.07) is 9.18. The topological polar surface area (TPSA) is 68.5 Å². The van der Waals surface area contributed by atoms with E-state index in [9.17, 15) is 10.1 Å². The van der Waals surface area contributed by atoms with Crippen molar-refractivity contribution in [3.05, 3.63) is 64.0 Å². The molecule has 2 atom stereocenters. The van der Waals surface area contributed by atoms with Crippen LogP contribution in [0.5, 0.6) is 5.75 Å². The van der Waals surface area contributed by atoms with Gasteiger partial charge in [0.1, 0.15) is 5.75 Å². The molecule has 0 spiro atoms. The molecule has 0 amide bonds. The van der Waals surface area contributed by atoms with E-state index in [1.165, 1.54) is 11.6 Å². The second kappa shape index (κ2) is 7.83. The first-order valence-corrected chi connectivity index (χ1v) is 9.02. The first-order valence-electron chi connectivity index (χ1n) is 9.02. The van der Waals surface area contributed by atoms with E-state index >= 15 is 0 Å². The maximum absolute atomic E-state index is 11.2. The molecule has 138 valence electrons. The number of nitro groups is 1. The number of aromatic nitrogens is 1. The van der Waals surface area contributed by atoms with Crippen LogP contribution >= 0.6 is 0 Å². The van der Waals surface area contributed by atoms with E-state index in [1.54, 1.807) is 18.3 Å². The third-order valence-corrected chi connectivity index (χ3v) is 4.67. The Hall–Kier alpha value is -2.47. The Kier molecular flexibility index (Phi) is 5.52.